The minimum atomic E-state index is -0.824. The number of halogens is 2. The normalized spacial score (nSPS) is 11.0. The summed E-state index contributed by atoms with van der Waals surface area (Å²) in [5.41, 5.74) is 5.01. The third kappa shape index (κ3) is 4.86. The number of nitrogens with one attached hydrogen (secondary N) is 1. The van der Waals surface area contributed by atoms with E-state index in [9.17, 15) is 18.8 Å². The van der Waals surface area contributed by atoms with E-state index in [0.717, 1.165) is 16.5 Å². The molecule has 1 heterocycles. The number of benzene rings is 2. The average molecular weight is 445 g/mol. The van der Waals surface area contributed by atoms with Gasteiger partial charge in [-0.3, -0.25) is 19.1 Å². The maximum atomic E-state index is 14.4. The standard InChI is InChI=1S/C22H22ClFN4O3/c1-13(2)11-27(21(30)16-9-8-15(23)10-17(16)24)18-19(25)28(22(31)26-20(18)29)12-14-6-4-3-5-7-14/h3-10,13H,11-12,25H2,1-2H3,(H,26,29,31). The number of rotatable bonds is 6. The highest BCUT2D eigenvalue weighted by Crippen LogP contribution is 2.23. The summed E-state index contributed by atoms with van der Waals surface area (Å²) in [7, 11) is 0. The van der Waals surface area contributed by atoms with Crippen molar-refractivity contribution in [3.05, 3.63) is 91.3 Å². The Kier molecular flexibility index (Phi) is 6.60. The summed E-state index contributed by atoms with van der Waals surface area (Å²) < 4.78 is 15.6. The van der Waals surface area contributed by atoms with E-state index < -0.39 is 23.0 Å². The van der Waals surface area contributed by atoms with Gasteiger partial charge in [0.25, 0.3) is 11.5 Å². The molecule has 0 atom stereocenters. The molecule has 162 valence electrons. The van der Waals surface area contributed by atoms with Crippen LogP contribution in [0.5, 0.6) is 0 Å². The van der Waals surface area contributed by atoms with Gasteiger partial charge in [0.1, 0.15) is 11.6 Å². The van der Waals surface area contributed by atoms with Crippen LogP contribution < -0.4 is 21.9 Å². The fourth-order valence-corrected chi connectivity index (χ4v) is 3.37. The monoisotopic (exact) mass is 444 g/mol. The highest BCUT2D eigenvalue weighted by atomic mass is 35.5. The topological polar surface area (TPSA) is 101 Å². The van der Waals surface area contributed by atoms with Crippen LogP contribution in [0.25, 0.3) is 0 Å². The van der Waals surface area contributed by atoms with Crippen LogP contribution in [0.3, 0.4) is 0 Å². The van der Waals surface area contributed by atoms with Crippen LogP contribution in [0.2, 0.25) is 5.02 Å². The van der Waals surface area contributed by atoms with Crippen LogP contribution in [0.1, 0.15) is 29.8 Å². The molecule has 3 rings (SSSR count). The van der Waals surface area contributed by atoms with E-state index in [1.807, 2.05) is 19.9 Å². The van der Waals surface area contributed by atoms with E-state index >= 15 is 0 Å². The molecule has 1 aromatic heterocycles. The Morgan fingerprint density at radius 1 is 1.19 bits per heavy atom. The molecule has 0 unspecified atom stereocenters. The molecule has 0 aliphatic rings. The van der Waals surface area contributed by atoms with Crippen molar-refractivity contribution in [1.29, 1.82) is 0 Å². The first-order valence-electron chi connectivity index (χ1n) is 9.62. The molecule has 0 spiro atoms. The number of H-pyrrole nitrogens is 1. The quantitative estimate of drug-likeness (QED) is 0.609. The number of amides is 1. The van der Waals surface area contributed by atoms with Gasteiger partial charge >= 0.3 is 5.69 Å². The lowest BCUT2D eigenvalue weighted by Gasteiger charge is -2.26. The van der Waals surface area contributed by atoms with E-state index in [0.29, 0.717) is 0 Å². The van der Waals surface area contributed by atoms with E-state index in [2.05, 4.69) is 4.98 Å². The van der Waals surface area contributed by atoms with Gasteiger partial charge in [-0.05, 0) is 29.7 Å². The number of nitrogen functional groups attached to an aromatic ring is 1. The Labute approximate surface area is 182 Å². The predicted octanol–water partition coefficient (Wildman–Crippen LogP) is 3.26. The molecule has 0 aliphatic heterocycles. The molecule has 3 aromatic rings. The number of hydrogen-bond donors (Lipinski definition) is 2. The summed E-state index contributed by atoms with van der Waals surface area (Å²) in [6, 6.07) is 12.7. The zero-order valence-corrected chi connectivity index (χ0v) is 17.8. The van der Waals surface area contributed by atoms with Crippen molar-refractivity contribution in [2.45, 2.75) is 20.4 Å². The number of hydrogen-bond acceptors (Lipinski definition) is 4. The summed E-state index contributed by atoms with van der Waals surface area (Å²) in [5.74, 6) is -1.84. The van der Waals surface area contributed by atoms with Crippen LogP contribution in [-0.4, -0.2) is 22.0 Å². The van der Waals surface area contributed by atoms with Crippen LogP contribution in [-0.2, 0) is 6.54 Å². The molecule has 0 aliphatic carbocycles. The number of aromatic amines is 1. The van der Waals surface area contributed by atoms with Gasteiger partial charge in [-0.1, -0.05) is 55.8 Å². The molecule has 9 heteroatoms. The minimum Gasteiger partial charge on any atom is -0.383 e. The second-order valence-electron chi connectivity index (χ2n) is 7.50. The minimum absolute atomic E-state index is 0.0763. The first kappa shape index (κ1) is 22.3. The van der Waals surface area contributed by atoms with E-state index in [-0.39, 0.29) is 41.1 Å². The zero-order valence-electron chi connectivity index (χ0n) is 17.1. The highest BCUT2D eigenvalue weighted by molar-refractivity contribution is 6.30. The number of aromatic nitrogens is 2. The summed E-state index contributed by atoms with van der Waals surface area (Å²) >= 11 is 5.79. The van der Waals surface area contributed by atoms with Crippen molar-refractivity contribution in [2.75, 3.05) is 17.2 Å². The molecule has 0 saturated heterocycles. The van der Waals surface area contributed by atoms with Gasteiger partial charge < -0.3 is 10.6 Å². The third-order valence-corrected chi connectivity index (χ3v) is 4.86. The Balaban J connectivity index is 2.15. The first-order valence-corrected chi connectivity index (χ1v) is 10.00. The van der Waals surface area contributed by atoms with Crippen molar-refractivity contribution in [1.82, 2.24) is 9.55 Å². The number of nitrogens with zero attached hydrogens (tertiary/aromatic N) is 2. The number of anilines is 2. The van der Waals surface area contributed by atoms with Crippen molar-refractivity contribution in [3.63, 3.8) is 0 Å². The fraction of sp³-hybridized carbons (Fsp3) is 0.227. The summed E-state index contributed by atoms with van der Waals surface area (Å²) in [6.07, 6.45) is 0. The number of carbonyl (C=O) groups excluding carboxylic acids is 1. The van der Waals surface area contributed by atoms with Gasteiger partial charge in [-0.25, -0.2) is 9.18 Å². The molecular formula is C22H22ClFN4O3. The summed E-state index contributed by atoms with van der Waals surface area (Å²) in [6.45, 7) is 3.85. The second kappa shape index (κ2) is 9.18. The lowest BCUT2D eigenvalue weighted by Crippen LogP contribution is -2.43. The van der Waals surface area contributed by atoms with Crippen LogP contribution >= 0.6 is 11.6 Å². The molecule has 0 radical (unpaired) electrons. The van der Waals surface area contributed by atoms with Crippen molar-refractivity contribution in [2.24, 2.45) is 5.92 Å². The Morgan fingerprint density at radius 2 is 1.87 bits per heavy atom. The predicted molar refractivity (Wildman–Crippen MR) is 119 cm³/mol. The fourth-order valence-electron chi connectivity index (χ4n) is 3.21. The van der Waals surface area contributed by atoms with Crippen molar-refractivity contribution < 1.29 is 9.18 Å². The van der Waals surface area contributed by atoms with Gasteiger partial charge in [0, 0.05) is 11.6 Å². The maximum Gasteiger partial charge on any atom is 0.330 e. The zero-order chi connectivity index (χ0) is 22.7. The highest BCUT2D eigenvalue weighted by Gasteiger charge is 2.27. The lowest BCUT2D eigenvalue weighted by atomic mass is 10.1. The van der Waals surface area contributed by atoms with E-state index in [4.69, 9.17) is 17.3 Å². The molecule has 0 fully saturated rings. The summed E-state index contributed by atoms with van der Waals surface area (Å²) in [5, 5.41) is 0.137. The van der Waals surface area contributed by atoms with E-state index in [1.165, 1.54) is 16.7 Å². The SMILES string of the molecule is CC(C)CN(C(=O)c1ccc(Cl)cc1F)c1c(N)n(Cc2ccccc2)c(=O)[nH]c1=O. The van der Waals surface area contributed by atoms with Gasteiger partial charge in [-0.2, -0.15) is 0 Å². The van der Waals surface area contributed by atoms with Crippen LogP contribution in [0.15, 0.2) is 58.1 Å². The Hall–Kier alpha value is -3.39. The average Bonchev–Trinajstić information content (AvgIpc) is 2.70. The van der Waals surface area contributed by atoms with Gasteiger partial charge in [-0.15, -0.1) is 0 Å². The molecular weight excluding hydrogens is 423 g/mol. The van der Waals surface area contributed by atoms with Crippen LogP contribution in [0, 0.1) is 11.7 Å². The van der Waals surface area contributed by atoms with Gasteiger partial charge in [0.2, 0.25) is 0 Å². The molecule has 0 saturated carbocycles. The summed E-state index contributed by atoms with van der Waals surface area (Å²) in [4.78, 5) is 41.7. The van der Waals surface area contributed by atoms with E-state index in [1.54, 1.807) is 24.3 Å². The third-order valence-electron chi connectivity index (χ3n) is 4.62. The van der Waals surface area contributed by atoms with Crippen molar-refractivity contribution >= 4 is 29.0 Å². The molecule has 1 amide bonds. The smallest absolute Gasteiger partial charge is 0.330 e. The maximum absolute atomic E-state index is 14.4. The van der Waals surface area contributed by atoms with Gasteiger partial charge in [0.15, 0.2) is 5.69 Å². The Bertz CT molecular complexity index is 1220. The molecule has 7 nitrogen and oxygen atoms in total. The largest absolute Gasteiger partial charge is 0.383 e. The van der Waals surface area contributed by atoms with Gasteiger partial charge in [0.05, 0.1) is 12.1 Å². The molecule has 2 aromatic carbocycles. The van der Waals surface area contributed by atoms with Crippen LogP contribution in [0.4, 0.5) is 15.9 Å². The molecule has 31 heavy (non-hydrogen) atoms. The van der Waals surface area contributed by atoms with Crippen molar-refractivity contribution in [3.8, 4) is 0 Å². The lowest BCUT2D eigenvalue weighted by molar-refractivity contribution is 0.0979. The second-order valence-corrected chi connectivity index (χ2v) is 7.94. The molecule has 0 bridgehead atoms. The number of carbonyl (C=O) groups is 1. The first-order chi connectivity index (χ1) is 14.7. The Morgan fingerprint density at radius 3 is 2.48 bits per heavy atom. The number of nitrogens with two attached hydrogens (primary N) is 1. The molecule has 3 N–H and O–H groups in total.